The van der Waals surface area contributed by atoms with Gasteiger partial charge in [-0.25, -0.2) is 19.3 Å². The summed E-state index contributed by atoms with van der Waals surface area (Å²) < 4.78 is 61.6. The quantitative estimate of drug-likeness (QED) is 0.313. The number of halogens is 4. The lowest BCUT2D eigenvalue weighted by Crippen LogP contribution is -2.42. The summed E-state index contributed by atoms with van der Waals surface area (Å²) >= 11 is 0. The molecule has 8 nitrogen and oxygen atoms in total. The van der Waals surface area contributed by atoms with Crippen molar-refractivity contribution in [2.45, 2.75) is 64.7 Å². The second-order valence-electron chi connectivity index (χ2n) is 12.0. The van der Waals surface area contributed by atoms with Crippen molar-refractivity contribution in [3.8, 4) is 5.75 Å². The van der Waals surface area contributed by atoms with Crippen molar-refractivity contribution in [1.82, 2.24) is 24.4 Å². The number of fused-ring (bicyclic) bond motifs is 1. The molecule has 1 saturated carbocycles. The zero-order chi connectivity index (χ0) is 30.3. The van der Waals surface area contributed by atoms with E-state index in [4.69, 9.17) is 4.74 Å². The van der Waals surface area contributed by atoms with Gasteiger partial charge in [-0.15, -0.1) is 0 Å². The first-order chi connectivity index (χ1) is 20.6. The zero-order valence-corrected chi connectivity index (χ0v) is 24.4. The number of ether oxygens (including phenoxy) is 1. The fourth-order valence-corrected chi connectivity index (χ4v) is 6.68. The molecule has 0 radical (unpaired) electrons. The minimum absolute atomic E-state index is 0.0149. The van der Waals surface area contributed by atoms with E-state index in [-0.39, 0.29) is 36.8 Å². The van der Waals surface area contributed by atoms with E-state index in [0.717, 1.165) is 54.6 Å². The van der Waals surface area contributed by atoms with Crippen LogP contribution in [0.1, 0.15) is 61.3 Å². The Morgan fingerprint density at radius 1 is 1.05 bits per heavy atom. The van der Waals surface area contributed by atoms with Gasteiger partial charge in [-0.2, -0.15) is 13.2 Å². The molecular weight excluding hydrogens is 564 g/mol. The molecule has 1 saturated heterocycles. The number of carbonyl (C=O) groups excluding carboxylic acids is 1. The van der Waals surface area contributed by atoms with Crippen molar-refractivity contribution in [1.29, 1.82) is 0 Å². The summed E-state index contributed by atoms with van der Waals surface area (Å²) in [6.07, 6.45) is 4.21. The normalized spacial score (nSPS) is 22.4. The molecule has 3 aliphatic rings. The molecule has 4 heterocycles. The van der Waals surface area contributed by atoms with E-state index < -0.39 is 23.7 Å². The van der Waals surface area contributed by atoms with E-state index in [9.17, 15) is 22.4 Å². The van der Waals surface area contributed by atoms with Crippen molar-refractivity contribution in [2.24, 2.45) is 17.8 Å². The number of nitrogens with zero attached hydrogens (tertiary/aromatic N) is 6. The molecule has 3 aromatic rings. The number of amides is 1. The fourth-order valence-electron chi connectivity index (χ4n) is 6.68. The van der Waals surface area contributed by atoms with Gasteiger partial charge in [-0.05, 0) is 74.5 Å². The van der Waals surface area contributed by atoms with Crippen LogP contribution in [0.2, 0.25) is 0 Å². The Kier molecular flexibility index (Phi) is 8.04. The van der Waals surface area contributed by atoms with Crippen LogP contribution in [0.25, 0.3) is 0 Å². The lowest BCUT2D eigenvalue weighted by atomic mass is 9.90. The molecule has 0 bridgehead atoms. The monoisotopic (exact) mass is 600 g/mol. The smallest absolute Gasteiger partial charge is 0.433 e. The van der Waals surface area contributed by atoms with Gasteiger partial charge in [0, 0.05) is 44.6 Å². The number of rotatable bonds is 8. The SMILES string of the molecule is Cc1cnc(N2CCC([C@H]3C[C@H]3CCOc3ccc(CC(=O)N4CCn5c(C(F)(F)F)cnc5C4C)c(F)c3)CC2)nc1. The third kappa shape index (κ3) is 6.33. The van der Waals surface area contributed by atoms with Gasteiger partial charge in [0.05, 0.1) is 25.3 Å². The average molecular weight is 601 g/mol. The first kappa shape index (κ1) is 29.4. The van der Waals surface area contributed by atoms with Crippen molar-refractivity contribution >= 4 is 11.9 Å². The highest BCUT2D eigenvalue weighted by atomic mass is 19.4. The number of carbonyl (C=O) groups is 1. The largest absolute Gasteiger partial charge is 0.493 e. The van der Waals surface area contributed by atoms with Crippen LogP contribution in [0.5, 0.6) is 5.75 Å². The number of imidazole rings is 1. The van der Waals surface area contributed by atoms with Crippen LogP contribution in [-0.4, -0.2) is 56.6 Å². The van der Waals surface area contributed by atoms with Crippen molar-refractivity contribution in [2.75, 3.05) is 31.1 Å². The summed E-state index contributed by atoms with van der Waals surface area (Å²) in [4.78, 5) is 29.6. The Labute approximate surface area is 248 Å². The maximum atomic E-state index is 14.9. The highest BCUT2D eigenvalue weighted by molar-refractivity contribution is 5.79. The molecule has 2 aliphatic heterocycles. The second kappa shape index (κ2) is 11.8. The van der Waals surface area contributed by atoms with Gasteiger partial charge in [0.2, 0.25) is 11.9 Å². The Morgan fingerprint density at radius 3 is 2.49 bits per heavy atom. The van der Waals surface area contributed by atoms with E-state index >= 15 is 0 Å². The number of aromatic nitrogens is 4. The predicted molar refractivity (Wildman–Crippen MR) is 151 cm³/mol. The minimum atomic E-state index is -4.51. The molecule has 230 valence electrons. The van der Waals surface area contributed by atoms with E-state index in [1.807, 2.05) is 19.3 Å². The first-order valence-electron chi connectivity index (χ1n) is 15.0. The Morgan fingerprint density at radius 2 is 1.79 bits per heavy atom. The molecule has 43 heavy (non-hydrogen) atoms. The molecule has 12 heteroatoms. The van der Waals surface area contributed by atoms with Gasteiger partial charge in [0.15, 0.2) is 0 Å². The molecule has 1 aromatic carbocycles. The van der Waals surface area contributed by atoms with Gasteiger partial charge in [-0.3, -0.25) is 4.79 Å². The topological polar surface area (TPSA) is 76.4 Å². The van der Waals surface area contributed by atoms with Gasteiger partial charge in [-0.1, -0.05) is 6.07 Å². The van der Waals surface area contributed by atoms with Gasteiger partial charge >= 0.3 is 6.18 Å². The Bertz CT molecular complexity index is 1450. The lowest BCUT2D eigenvalue weighted by molar-refractivity contribution is -0.144. The van der Waals surface area contributed by atoms with E-state index in [1.165, 1.54) is 17.4 Å². The van der Waals surface area contributed by atoms with Crippen LogP contribution < -0.4 is 9.64 Å². The van der Waals surface area contributed by atoms with Crippen LogP contribution in [0.15, 0.2) is 36.8 Å². The zero-order valence-electron chi connectivity index (χ0n) is 24.4. The van der Waals surface area contributed by atoms with Crippen LogP contribution >= 0.6 is 0 Å². The average Bonchev–Trinajstić information content (AvgIpc) is 3.60. The Balaban J connectivity index is 0.947. The number of piperidine rings is 1. The number of hydrogen-bond acceptors (Lipinski definition) is 6. The molecule has 0 spiro atoms. The molecule has 1 amide bonds. The summed E-state index contributed by atoms with van der Waals surface area (Å²) in [7, 11) is 0. The van der Waals surface area contributed by atoms with Gasteiger partial charge in [0.25, 0.3) is 0 Å². The van der Waals surface area contributed by atoms with Crippen molar-refractivity contribution in [3.05, 3.63) is 65.3 Å². The number of benzene rings is 1. The predicted octanol–water partition coefficient (Wildman–Crippen LogP) is 5.61. The van der Waals surface area contributed by atoms with Crippen molar-refractivity contribution in [3.63, 3.8) is 0 Å². The summed E-state index contributed by atoms with van der Waals surface area (Å²) in [6, 6.07) is 3.87. The van der Waals surface area contributed by atoms with Crippen LogP contribution in [0.4, 0.5) is 23.5 Å². The summed E-state index contributed by atoms with van der Waals surface area (Å²) in [6.45, 7) is 6.16. The fraction of sp³-hybridized carbons (Fsp3) is 0.548. The van der Waals surface area contributed by atoms with Crippen LogP contribution in [0, 0.1) is 30.5 Å². The first-order valence-corrected chi connectivity index (χ1v) is 15.0. The van der Waals surface area contributed by atoms with Crippen LogP contribution in [0.3, 0.4) is 0 Å². The van der Waals surface area contributed by atoms with Gasteiger partial charge in [0.1, 0.15) is 23.1 Å². The standard InChI is InChI=1S/C31H36F4N6O2/c1-19-16-37-30(38-17-19)39-8-5-21(6-9-39)25-13-22(25)7-12-43-24-4-3-23(26(32)15-24)14-28(42)40-10-11-41-27(31(33,34)35)18-36-29(41)20(40)2/h3-4,15-18,20-22,25H,5-14H2,1-2H3/t20?,22-,25-/m1/s1. The summed E-state index contributed by atoms with van der Waals surface area (Å²) in [5.41, 5.74) is 0.456. The van der Waals surface area contributed by atoms with E-state index in [2.05, 4.69) is 19.9 Å². The third-order valence-electron chi connectivity index (χ3n) is 9.20. The molecule has 1 aliphatic carbocycles. The maximum absolute atomic E-state index is 14.9. The summed E-state index contributed by atoms with van der Waals surface area (Å²) in [5.74, 6) is 2.56. The summed E-state index contributed by atoms with van der Waals surface area (Å²) in [5, 5.41) is 0. The molecule has 6 rings (SSSR count). The second-order valence-corrected chi connectivity index (χ2v) is 12.0. The molecule has 2 aromatic heterocycles. The maximum Gasteiger partial charge on any atom is 0.433 e. The van der Waals surface area contributed by atoms with E-state index in [1.54, 1.807) is 19.1 Å². The Hall–Kier alpha value is -3.70. The number of hydrogen-bond donors (Lipinski definition) is 0. The van der Waals surface area contributed by atoms with Crippen molar-refractivity contribution < 1.29 is 27.1 Å². The molecule has 0 N–H and O–H groups in total. The highest BCUT2D eigenvalue weighted by Gasteiger charge is 2.43. The molecule has 3 atom stereocenters. The minimum Gasteiger partial charge on any atom is -0.493 e. The highest BCUT2D eigenvalue weighted by Crippen LogP contribution is 2.50. The number of alkyl halides is 3. The molecule has 1 unspecified atom stereocenters. The van der Waals surface area contributed by atoms with Gasteiger partial charge < -0.3 is 19.1 Å². The number of aryl methyl sites for hydroxylation is 1. The third-order valence-corrected chi connectivity index (χ3v) is 9.20. The molecular formula is C31H36F4N6O2. The molecule has 2 fully saturated rings. The van der Waals surface area contributed by atoms with Crippen LogP contribution in [-0.2, 0) is 23.9 Å². The lowest BCUT2D eigenvalue weighted by Gasteiger charge is -2.34. The van der Waals surface area contributed by atoms with E-state index in [0.29, 0.717) is 30.1 Å². The number of anilines is 1.